The fourth-order valence-electron chi connectivity index (χ4n) is 3.61. The van der Waals surface area contributed by atoms with Crippen LogP contribution in [0.2, 0.25) is 0 Å². The molecule has 0 radical (unpaired) electrons. The fraction of sp³-hybridized carbons (Fsp3) is 0.240. The van der Waals surface area contributed by atoms with E-state index in [0.29, 0.717) is 6.54 Å². The van der Waals surface area contributed by atoms with Gasteiger partial charge in [-0.3, -0.25) is 9.69 Å². The van der Waals surface area contributed by atoms with E-state index in [0.717, 1.165) is 54.8 Å². The average Bonchev–Trinajstić information content (AvgIpc) is 2.81. The van der Waals surface area contributed by atoms with Gasteiger partial charge in [-0.05, 0) is 48.5 Å². The minimum Gasteiger partial charge on any atom is -0.497 e. The van der Waals surface area contributed by atoms with Crippen LogP contribution in [-0.2, 0) is 4.79 Å². The molecule has 1 amide bonds. The molecule has 1 aliphatic rings. The predicted molar refractivity (Wildman–Crippen MR) is 123 cm³/mol. The number of benzene rings is 3. The average molecular weight is 418 g/mol. The Morgan fingerprint density at radius 1 is 0.839 bits per heavy atom. The highest BCUT2D eigenvalue weighted by atomic mass is 16.5. The van der Waals surface area contributed by atoms with Crippen LogP contribution in [0, 0.1) is 0 Å². The number of ether oxygens (including phenoxy) is 2. The number of methoxy groups -OCH3 is 1. The number of carbonyl (C=O) groups excluding carboxylic acids is 1. The van der Waals surface area contributed by atoms with Crippen molar-refractivity contribution in [3.05, 3.63) is 78.9 Å². The molecule has 0 saturated carbocycles. The van der Waals surface area contributed by atoms with Gasteiger partial charge in [0.05, 0.1) is 13.7 Å². The lowest BCUT2D eigenvalue weighted by atomic mass is 10.2. The second-order valence-electron chi connectivity index (χ2n) is 7.45. The first-order valence-corrected chi connectivity index (χ1v) is 10.4. The Hall–Kier alpha value is -3.51. The number of para-hydroxylation sites is 1. The van der Waals surface area contributed by atoms with Crippen LogP contribution in [0.1, 0.15) is 0 Å². The molecule has 0 unspecified atom stereocenters. The Bertz CT molecular complexity index is 984. The van der Waals surface area contributed by atoms with E-state index in [1.54, 1.807) is 7.11 Å². The first-order valence-electron chi connectivity index (χ1n) is 10.4. The van der Waals surface area contributed by atoms with Crippen LogP contribution < -0.4 is 19.7 Å². The number of rotatable bonds is 7. The molecule has 0 atom stereocenters. The maximum Gasteiger partial charge on any atom is 0.238 e. The van der Waals surface area contributed by atoms with Gasteiger partial charge in [0, 0.05) is 43.6 Å². The summed E-state index contributed by atoms with van der Waals surface area (Å²) in [6.45, 7) is 3.83. The zero-order valence-electron chi connectivity index (χ0n) is 17.7. The van der Waals surface area contributed by atoms with E-state index < -0.39 is 0 Å². The van der Waals surface area contributed by atoms with Gasteiger partial charge in [0.25, 0.3) is 0 Å². The van der Waals surface area contributed by atoms with E-state index in [1.165, 1.54) is 0 Å². The number of nitrogens with zero attached hydrogens (tertiary/aromatic N) is 2. The summed E-state index contributed by atoms with van der Waals surface area (Å²) in [6, 6.07) is 25.1. The SMILES string of the molecule is COc1cccc(N2CCN(CC(=O)Nc3ccc(Oc4ccccc4)cc3)CC2)c1. The van der Waals surface area contributed by atoms with E-state index in [2.05, 4.69) is 21.2 Å². The standard InChI is InChI=1S/C25H27N3O3/c1-30-24-9-5-6-21(18-24)28-16-14-27(15-17-28)19-25(29)26-20-10-12-23(13-11-20)31-22-7-3-2-4-8-22/h2-13,18H,14-17,19H2,1H3,(H,26,29). The summed E-state index contributed by atoms with van der Waals surface area (Å²) in [5.41, 5.74) is 1.92. The molecule has 31 heavy (non-hydrogen) atoms. The summed E-state index contributed by atoms with van der Waals surface area (Å²) in [5.74, 6) is 2.37. The van der Waals surface area contributed by atoms with Gasteiger partial charge in [-0.2, -0.15) is 0 Å². The monoisotopic (exact) mass is 417 g/mol. The molecule has 1 N–H and O–H groups in total. The Morgan fingerprint density at radius 3 is 2.23 bits per heavy atom. The van der Waals surface area contributed by atoms with Crippen LogP contribution in [-0.4, -0.2) is 50.6 Å². The third kappa shape index (κ3) is 5.77. The smallest absolute Gasteiger partial charge is 0.238 e. The van der Waals surface area contributed by atoms with Crippen molar-refractivity contribution in [2.75, 3.05) is 50.1 Å². The van der Waals surface area contributed by atoms with Crippen molar-refractivity contribution in [3.8, 4) is 17.2 Å². The lowest BCUT2D eigenvalue weighted by molar-refractivity contribution is -0.117. The van der Waals surface area contributed by atoms with Crippen molar-refractivity contribution in [1.29, 1.82) is 0 Å². The van der Waals surface area contributed by atoms with Crippen molar-refractivity contribution in [3.63, 3.8) is 0 Å². The van der Waals surface area contributed by atoms with Gasteiger partial charge in [0.2, 0.25) is 5.91 Å². The number of hydrogen-bond acceptors (Lipinski definition) is 5. The Morgan fingerprint density at radius 2 is 1.52 bits per heavy atom. The summed E-state index contributed by atoms with van der Waals surface area (Å²) in [4.78, 5) is 17.0. The molecule has 1 aliphatic heterocycles. The highest BCUT2D eigenvalue weighted by molar-refractivity contribution is 5.92. The van der Waals surface area contributed by atoms with Crippen LogP contribution >= 0.6 is 0 Å². The molecule has 0 aromatic heterocycles. The number of nitrogens with one attached hydrogen (secondary N) is 1. The van der Waals surface area contributed by atoms with Gasteiger partial charge in [-0.1, -0.05) is 24.3 Å². The Labute approximate surface area is 183 Å². The lowest BCUT2D eigenvalue weighted by Crippen LogP contribution is -2.48. The van der Waals surface area contributed by atoms with Crippen molar-refractivity contribution >= 4 is 17.3 Å². The van der Waals surface area contributed by atoms with Crippen LogP contribution in [0.15, 0.2) is 78.9 Å². The summed E-state index contributed by atoms with van der Waals surface area (Å²) in [7, 11) is 1.68. The maximum absolute atomic E-state index is 12.5. The van der Waals surface area contributed by atoms with Crippen molar-refractivity contribution < 1.29 is 14.3 Å². The molecule has 0 aliphatic carbocycles. The molecular formula is C25H27N3O3. The normalized spacial score (nSPS) is 14.2. The number of anilines is 2. The summed E-state index contributed by atoms with van der Waals surface area (Å²) < 4.78 is 11.1. The van der Waals surface area contributed by atoms with Crippen LogP contribution in [0.3, 0.4) is 0 Å². The Balaban J connectivity index is 1.24. The second-order valence-corrected chi connectivity index (χ2v) is 7.45. The molecule has 6 heteroatoms. The summed E-state index contributed by atoms with van der Waals surface area (Å²) in [5, 5.41) is 2.97. The van der Waals surface area contributed by atoms with Crippen molar-refractivity contribution in [1.82, 2.24) is 4.90 Å². The van der Waals surface area contributed by atoms with E-state index in [4.69, 9.17) is 9.47 Å². The predicted octanol–water partition coefficient (Wildman–Crippen LogP) is 4.25. The van der Waals surface area contributed by atoms with E-state index >= 15 is 0 Å². The molecule has 6 nitrogen and oxygen atoms in total. The second kappa shape index (κ2) is 10.00. The molecule has 1 fully saturated rings. The highest BCUT2D eigenvalue weighted by Gasteiger charge is 2.19. The molecule has 4 rings (SSSR count). The molecule has 1 heterocycles. The molecule has 0 spiro atoms. The quantitative estimate of drug-likeness (QED) is 0.623. The van der Waals surface area contributed by atoms with Crippen molar-refractivity contribution in [2.45, 2.75) is 0 Å². The first kappa shape index (κ1) is 20.8. The molecule has 3 aromatic rings. The zero-order valence-corrected chi connectivity index (χ0v) is 17.7. The van der Waals surface area contributed by atoms with Crippen molar-refractivity contribution in [2.24, 2.45) is 0 Å². The third-order valence-electron chi connectivity index (χ3n) is 5.27. The maximum atomic E-state index is 12.5. The minimum atomic E-state index is -0.00782. The van der Waals surface area contributed by atoms with Gasteiger partial charge in [0.1, 0.15) is 17.2 Å². The van der Waals surface area contributed by atoms with Crippen LogP contribution in [0.4, 0.5) is 11.4 Å². The molecule has 0 bridgehead atoms. The van der Waals surface area contributed by atoms with Crippen LogP contribution in [0.25, 0.3) is 0 Å². The largest absolute Gasteiger partial charge is 0.497 e. The van der Waals surface area contributed by atoms with Gasteiger partial charge < -0.3 is 19.7 Å². The van der Waals surface area contributed by atoms with Gasteiger partial charge >= 0.3 is 0 Å². The van der Waals surface area contributed by atoms with Crippen LogP contribution in [0.5, 0.6) is 17.2 Å². The number of carbonyl (C=O) groups is 1. The minimum absolute atomic E-state index is 0.00782. The third-order valence-corrected chi connectivity index (χ3v) is 5.27. The Kier molecular flexibility index (Phi) is 6.69. The number of piperazine rings is 1. The molecule has 1 saturated heterocycles. The topological polar surface area (TPSA) is 54.0 Å². The van der Waals surface area contributed by atoms with E-state index in [1.807, 2.05) is 72.8 Å². The molecule has 160 valence electrons. The van der Waals surface area contributed by atoms with Gasteiger partial charge in [-0.25, -0.2) is 0 Å². The fourth-order valence-corrected chi connectivity index (χ4v) is 3.61. The van der Waals surface area contributed by atoms with Gasteiger partial charge in [-0.15, -0.1) is 0 Å². The van der Waals surface area contributed by atoms with Gasteiger partial charge in [0.15, 0.2) is 0 Å². The molecule has 3 aromatic carbocycles. The summed E-state index contributed by atoms with van der Waals surface area (Å²) in [6.07, 6.45) is 0. The number of hydrogen-bond donors (Lipinski definition) is 1. The lowest BCUT2D eigenvalue weighted by Gasteiger charge is -2.35. The first-order chi connectivity index (χ1) is 15.2. The summed E-state index contributed by atoms with van der Waals surface area (Å²) >= 11 is 0. The zero-order chi connectivity index (χ0) is 21.5. The molecular weight excluding hydrogens is 390 g/mol. The highest BCUT2D eigenvalue weighted by Crippen LogP contribution is 2.23. The van der Waals surface area contributed by atoms with E-state index in [-0.39, 0.29) is 5.91 Å². The number of amides is 1. The van der Waals surface area contributed by atoms with E-state index in [9.17, 15) is 4.79 Å².